The minimum Gasteiger partial charge on any atom is -0.497 e. The van der Waals surface area contributed by atoms with Crippen LogP contribution >= 0.6 is 0 Å². The number of hydrogen-bond acceptors (Lipinski definition) is 5. The van der Waals surface area contributed by atoms with Gasteiger partial charge in [-0.3, -0.25) is 9.59 Å². The van der Waals surface area contributed by atoms with Gasteiger partial charge in [-0.2, -0.15) is 0 Å². The van der Waals surface area contributed by atoms with Crippen LogP contribution in [-0.4, -0.2) is 42.0 Å². The molecular formula is C19H19NO5. The molecule has 1 amide bonds. The van der Waals surface area contributed by atoms with Crippen molar-refractivity contribution in [1.82, 2.24) is 4.90 Å². The number of aliphatic hydroxyl groups excluding tert-OH is 1. The van der Waals surface area contributed by atoms with Crippen molar-refractivity contribution in [2.75, 3.05) is 20.3 Å². The number of benzene rings is 2. The summed E-state index contributed by atoms with van der Waals surface area (Å²) < 4.78 is 10.5. The summed E-state index contributed by atoms with van der Waals surface area (Å²) in [4.78, 5) is 25.5. The van der Waals surface area contributed by atoms with E-state index in [0.29, 0.717) is 24.4 Å². The largest absolute Gasteiger partial charge is 0.497 e. The van der Waals surface area contributed by atoms with Gasteiger partial charge in [0.15, 0.2) is 5.78 Å². The van der Waals surface area contributed by atoms with E-state index in [1.165, 1.54) is 0 Å². The average Bonchev–Trinajstić information content (AvgIpc) is 2.95. The molecule has 130 valence electrons. The molecule has 0 saturated carbocycles. The summed E-state index contributed by atoms with van der Waals surface area (Å²) >= 11 is 0. The van der Waals surface area contributed by atoms with Crippen LogP contribution in [0.5, 0.6) is 11.5 Å². The van der Waals surface area contributed by atoms with Crippen molar-refractivity contribution in [2.24, 2.45) is 0 Å². The van der Waals surface area contributed by atoms with Crippen LogP contribution in [0, 0.1) is 0 Å². The molecule has 2 aromatic carbocycles. The van der Waals surface area contributed by atoms with Gasteiger partial charge >= 0.3 is 0 Å². The number of hydrogen-bond donors (Lipinski definition) is 1. The topological polar surface area (TPSA) is 76.1 Å². The summed E-state index contributed by atoms with van der Waals surface area (Å²) in [6.07, 6.45) is 0. The Kier molecular flexibility index (Phi) is 5.00. The molecule has 25 heavy (non-hydrogen) atoms. The lowest BCUT2D eigenvalue weighted by Crippen LogP contribution is -2.23. The lowest BCUT2D eigenvalue weighted by Gasteiger charge is -2.15. The number of carbonyl (C=O) groups is 2. The van der Waals surface area contributed by atoms with Gasteiger partial charge in [0.05, 0.1) is 7.11 Å². The van der Waals surface area contributed by atoms with Crippen molar-refractivity contribution in [3.8, 4) is 11.5 Å². The molecule has 0 atom stereocenters. The summed E-state index contributed by atoms with van der Waals surface area (Å²) in [6.45, 7) is 0.283. The normalized spacial score (nSPS) is 12.9. The predicted molar refractivity (Wildman–Crippen MR) is 90.6 cm³/mol. The Labute approximate surface area is 145 Å². The molecular weight excluding hydrogens is 322 g/mol. The summed E-state index contributed by atoms with van der Waals surface area (Å²) in [5.74, 6) is 0.747. The minimum atomic E-state index is -0.556. The molecule has 1 N–H and O–H groups in total. The zero-order chi connectivity index (χ0) is 17.8. The summed E-state index contributed by atoms with van der Waals surface area (Å²) in [5, 5.41) is 8.72. The van der Waals surface area contributed by atoms with Crippen LogP contribution in [0.2, 0.25) is 0 Å². The van der Waals surface area contributed by atoms with Crippen molar-refractivity contribution >= 4 is 11.7 Å². The van der Waals surface area contributed by atoms with Crippen molar-refractivity contribution in [3.05, 3.63) is 59.2 Å². The Morgan fingerprint density at radius 2 is 1.88 bits per heavy atom. The number of rotatable bonds is 7. The Morgan fingerprint density at radius 3 is 2.56 bits per heavy atom. The van der Waals surface area contributed by atoms with Gasteiger partial charge in [0, 0.05) is 18.7 Å². The van der Waals surface area contributed by atoms with Crippen molar-refractivity contribution < 1.29 is 24.2 Å². The maximum Gasteiger partial charge on any atom is 0.254 e. The van der Waals surface area contributed by atoms with E-state index in [4.69, 9.17) is 14.6 Å². The standard InChI is InChI=1S/C19H19NO5/c1-24-16-5-2-13(3-6-16)9-20-10-14-4-7-17(8-18(14)19(20)23)25-12-15(22)11-21/h2-8,21H,9-12H2,1H3. The third-order valence-electron chi connectivity index (χ3n) is 4.07. The smallest absolute Gasteiger partial charge is 0.254 e. The minimum absolute atomic E-state index is 0.0650. The molecule has 0 spiro atoms. The first-order valence-corrected chi connectivity index (χ1v) is 7.91. The fraction of sp³-hybridized carbons (Fsp3) is 0.263. The number of aliphatic hydroxyl groups is 1. The average molecular weight is 341 g/mol. The van der Waals surface area contributed by atoms with Crippen LogP contribution in [0.25, 0.3) is 0 Å². The van der Waals surface area contributed by atoms with Crippen LogP contribution in [0.1, 0.15) is 21.5 Å². The number of carbonyl (C=O) groups excluding carboxylic acids is 2. The van der Waals surface area contributed by atoms with Crippen LogP contribution in [-0.2, 0) is 17.9 Å². The molecule has 2 aromatic rings. The summed E-state index contributed by atoms with van der Waals surface area (Å²) in [7, 11) is 1.61. The third-order valence-corrected chi connectivity index (χ3v) is 4.07. The lowest BCUT2D eigenvalue weighted by molar-refractivity contribution is -0.123. The number of methoxy groups -OCH3 is 1. The molecule has 6 nitrogen and oxygen atoms in total. The van der Waals surface area contributed by atoms with Gasteiger partial charge in [0.2, 0.25) is 0 Å². The van der Waals surface area contributed by atoms with Gasteiger partial charge in [-0.25, -0.2) is 0 Å². The van der Waals surface area contributed by atoms with Crippen LogP contribution < -0.4 is 9.47 Å². The first kappa shape index (κ1) is 17.0. The second kappa shape index (κ2) is 7.36. The number of fused-ring (bicyclic) bond motifs is 1. The van der Waals surface area contributed by atoms with E-state index in [1.807, 2.05) is 30.3 Å². The van der Waals surface area contributed by atoms with E-state index in [0.717, 1.165) is 16.9 Å². The number of amides is 1. The Balaban J connectivity index is 1.69. The van der Waals surface area contributed by atoms with E-state index in [2.05, 4.69) is 0 Å². The van der Waals surface area contributed by atoms with E-state index in [-0.39, 0.29) is 12.5 Å². The number of Topliss-reactive ketones (excluding diaryl/α,β-unsaturated/α-hetero) is 1. The number of ketones is 1. The second-order valence-electron chi connectivity index (χ2n) is 5.81. The molecule has 1 heterocycles. The van der Waals surface area contributed by atoms with Crippen LogP contribution in [0.4, 0.5) is 0 Å². The third kappa shape index (κ3) is 3.80. The fourth-order valence-electron chi connectivity index (χ4n) is 2.72. The van der Waals surface area contributed by atoms with Gasteiger partial charge in [-0.15, -0.1) is 0 Å². The monoisotopic (exact) mass is 341 g/mol. The molecule has 0 radical (unpaired) electrons. The molecule has 1 aliphatic rings. The zero-order valence-corrected chi connectivity index (χ0v) is 13.9. The molecule has 0 aliphatic carbocycles. The summed E-state index contributed by atoms with van der Waals surface area (Å²) in [6, 6.07) is 12.8. The highest BCUT2D eigenvalue weighted by atomic mass is 16.5. The fourth-order valence-corrected chi connectivity index (χ4v) is 2.72. The molecule has 0 aromatic heterocycles. The number of nitrogens with zero attached hydrogens (tertiary/aromatic N) is 1. The SMILES string of the molecule is COc1ccc(CN2Cc3ccc(OCC(=O)CO)cc3C2=O)cc1. The Morgan fingerprint density at radius 1 is 1.16 bits per heavy atom. The van der Waals surface area contributed by atoms with Crippen LogP contribution in [0.3, 0.4) is 0 Å². The van der Waals surface area contributed by atoms with Gasteiger partial charge in [0.25, 0.3) is 5.91 Å². The highest BCUT2D eigenvalue weighted by molar-refractivity contribution is 5.98. The van der Waals surface area contributed by atoms with Crippen LogP contribution in [0.15, 0.2) is 42.5 Å². The Bertz CT molecular complexity index is 785. The van der Waals surface area contributed by atoms with E-state index >= 15 is 0 Å². The maximum absolute atomic E-state index is 12.6. The lowest BCUT2D eigenvalue weighted by atomic mass is 10.1. The molecule has 0 bridgehead atoms. The zero-order valence-electron chi connectivity index (χ0n) is 13.9. The quantitative estimate of drug-likeness (QED) is 0.831. The van der Waals surface area contributed by atoms with Crippen molar-refractivity contribution in [3.63, 3.8) is 0 Å². The molecule has 1 aliphatic heterocycles. The molecule has 0 saturated heterocycles. The van der Waals surface area contributed by atoms with Crippen molar-refractivity contribution in [1.29, 1.82) is 0 Å². The van der Waals surface area contributed by atoms with Gasteiger partial charge < -0.3 is 19.5 Å². The molecule has 3 rings (SSSR count). The second-order valence-corrected chi connectivity index (χ2v) is 5.81. The van der Waals surface area contributed by atoms with E-state index in [1.54, 1.807) is 24.1 Å². The first-order chi connectivity index (χ1) is 12.1. The molecule has 6 heteroatoms. The van der Waals surface area contributed by atoms with Crippen molar-refractivity contribution in [2.45, 2.75) is 13.1 Å². The highest BCUT2D eigenvalue weighted by Crippen LogP contribution is 2.28. The van der Waals surface area contributed by atoms with E-state index < -0.39 is 12.4 Å². The highest BCUT2D eigenvalue weighted by Gasteiger charge is 2.27. The van der Waals surface area contributed by atoms with E-state index in [9.17, 15) is 9.59 Å². The van der Waals surface area contributed by atoms with Gasteiger partial charge in [-0.1, -0.05) is 18.2 Å². The first-order valence-electron chi connectivity index (χ1n) is 7.91. The summed E-state index contributed by atoms with van der Waals surface area (Å²) in [5.41, 5.74) is 2.54. The maximum atomic E-state index is 12.6. The Hall–Kier alpha value is -2.86. The molecule has 0 unspecified atom stereocenters. The molecule has 0 fully saturated rings. The number of ether oxygens (including phenoxy) is 2. The van der Waals surface area contributed by atoms with Gasteiger partial charge in [0.1, 0.15) is 24.7 Å². The predicted octanol–water partition coefficient (Wildman–Crippen LogP) is 1.79. The van der Waals surface area contributed by atoms with Gasteiger partial charge in [-0.05, 0) is 35.4 Å².